The highest BCUT2D eigenvalue weighted by atomic mass is 16.5. The molecule has 0 spiro atoms. The minimum absolute atomic E-state index is 0.118. The van der Waals surface area contributed by atoms with Gasteiger partial charge in [-0.25, -0.2) is 0 Å². The average Bonchev–Trinajstić information content (AvgIpc) is 2.51. The second-order valence-corrected chi connectivity index (χ2v) is 4.70. The van der Waals surface area contributed by atoms with Crippen LogP contribution in [0.2, 0.25) is 0 Å². The van der Waals surface area contributed by atoms with Crippen molar-refractivity contribution in [3.63, 3.8) is 0 Å². The monoisotopic (exact) mass is 271 g/mol. The van der Waals surface area contributed by atoms with E-state index in [1.807, 2.05) is 61.5 Å². The third kappa shape index (κ3) is 3.38. The van der Waals surface area contributed by atoms with Crippen molar-refractivity contribution in [3.05, 3.63) is 65.7 Å². The molecule has 20 heavy (non-hydrogen) atoms. The zero-order valence-corrected chi connectivity index (χ0v) is 11.7. The summed E-state index contributed by atoms with van der Waals surface area (Å²) in [7, 11) is 0. The molecule has 2 aromatic carbocycles. The van der Waals surface area contributed by atoms with Crippen LogP contribution in [0.3, 0.4) is 0 Å². The van der Waals surface area contributed by atoms with E-state index in [0.717, 1.165) is 16.9 Å². The lowest BCUT2D eigenvalue weighted by atomic mass is 9.89. The Bertz CT molecular complexity index is 510. The van der Waals surface area contributed by atoms with Crippen LogP contribution in [0, 0.1) is 0 Å². The molecule has 2 unspecified atom stereocenters. The van der Waals surface area contributed by atoms with Gasteiger partial charge >= 0.3 is 0 Å². The first-order valence-corrected chi connectivity index (χ1v) is 6.92. The van der Waals surface area contributed by atoms with Crippen molar-refractivity contribution < 1.29 is 9.84 Å². The molecular formula is C17H21NO2. The van der Waals surface area contributed by atoms with Gasteiger partial charge in [-0.05, 0) is 30.2 Å². The maximum atomic E-state index is 10.5. The summed E-state index contributed by atoms with van der Waals surface area (Å²) in [6, 6.07) is 17.4. The lowest BCUT2D eigenvalue weighted by Crippen LogP contribution is -2.20. The Balaban J connectivity index is 2.19. The second kappa shape index (κ2) is 7.08. The molecule has 0 saturated heterocycles. The fourth-order valence-corrected chi connectivity index (χ4v) is 2.31. The van der Waals surface area contributed by atoms with E-state index in [1.54, 1.807) is 0 Å². The quantitative estimate of drug-likeness (QED) is 0.849. The molecule has 0 amide bonds. The molecule has 0 aliphatic carbocycles. The molecule has 0 aliphatic rings. The number of nitrogens with two attached hydrogens (primary N) is 1. The summed E-state index contributed by atoms with van der Waals surface area (Å²) >= 11 is 0. The lowest BCUT2D eigenvalue weighted by Gasteiger charge is -2.22. The van der Waals surface area contributed by atoms with Gasteiger partial charge < -0.3 is 15.6 Å². The Morgan fingerprint density at radius 1 is 1.00 bits per heavy atom. The summed E-state index contributed by atoms with van der Waals surface area (Å²) in [5.74, 6) is 0.717. The Morgan fingerprint density at radius 2 is 1.65 bits per heavy atom. The van der Waals surface area contributed by atoms with Crippen molar-refractivity contribution in [2.24, 2.45) is 5.73 Å². The van der Waals surface area contributed by atoms with E-state index >= 15 is 0 Å². The Labute approximate surface area is 120 Å². The van der Waals surface area contributed by atoms with Crippen molar-refractivity contribution in [1.29, 1.82) is 0 Å². The van der Waals surface area contributed by atoms with Gasteiger partial charge in [0.25, 0.3) is 0 Å². The van der Waals surface area contributed by atoms with Gasteiger partial charge in [0.05, 0.1) is 12.7 Å². The molecule has 0 bridgehead atoms. The van der Waals surface area contributed by atoms with Crippen molar-refractivity contribution in [3.8, 4) is 5.75 Å². The van der Waals surface area contributed by atoms with Crippen molar-refractivity contribution in [2.75, 3.05) is 13.2 Å². The summed E-state index contributed by atoms with van der Waals surface area (Å²) < 4.78 is 5.43. The van der Waals surface area contributed by atoms with Crippen LogP contribution in [-0.2, 0) is 0 Å². The maximum Gasteiger partial charge on any atom is 0.119 e. The molecule has 0 fully saturated rings. The number of aliphatic hydroxyl groups is 1. The molecule has 0 aromatic heterocycles. The molecule has 106 valence electrons. The molecule has 0 radical (unpaired) electrons. The Kier molecular flexibility index (Phi) is 5.16. The first-order chi connectivity index (χ1) is 9.76. The fourth-order valence-electron chi connectivity index (χ4n) is 2.31. The molecule has 0 saturated carbocycles. The van der Waals surface area contributed by atoms with Crippen LogP contribution in [0.5, 0.6) is 5.75 Å². The SMILES string of the molecule is CCOc1ccc(C(CN)C(O)c2ccccc2)cc1. The summed E-state index contributed by atoms with van der Waals surface area (Å²) in [5.41, 5.74) is 7.76. The largest absolute Gasteiger partial charge is 0.494 e. The third-order valence-corrected chi connectivity index (χ3v) is 3.40. The lowest BCUT2D eigenvalue weighted by molar-refractivity contribution is 0.147. The molecule has 2 rings (SSSR count). The molecule has 0 heterocycles. The van der Waals surface area contributed by atoms with Crippen LogP contribution in [0.25, 0.3) is 0 Å². The van der Waals surface area contributed by atoms with Gasteiger partial charge in [0.1, 0.15) is 5.75 Å². The summed E-state index contributed by atoms with van der Waals surface area (Å²) in [5, 5.41) is 10.5. The van der Waals surface area contributed by atoms with Crippen LogP contribution in [0.15, 0.2) is 54.6 Å². The molecule has 0 aliphatic heterocycles. The summed E-state index contributed by atoms with van der Waals surface area (Å²) in [6.07, 6.45) is -0.598. The van der Waals surface area contributed by atoms with Crippen molar-refractivity contribution in [2.45, 2.75) is 18.9 Å². The van der Waals surface area contributed by atoms with E-state index in [-0.39, 0.29) is 5.92 Å². The van der Waals surface area contributed by atoms with Gasteiger partial charge in [-0.15, -0.1) is 0 Å². The molecule has 2 atom stereocenters. The normalized spacial score (nSPS) is 13.8. The van der Waals surface area contributed by atoms with Gasteiger partial charge in [-0.3, -0.25) is 0 Å². The minimum Gasteiger partial charge on any atom is -0.494 e. The number of ether oxygens (including phenoxy) is 1. The molecule has 2 aromatic rings. The van der Waals surface area contributed by atoms with E-state index in [1.165, 1.54) is 0 Å². The van der Waals surface area contributed by atoms with E-state index in [0.29, 0.717) is 13.2 Å². The van der Waals surface area contributed by atoms with Crippen molar-refractivity contribution >= 4 is 0 Å². The van der Waals surface area contributed by atoms with E-state index in [2.05, 4.69) is 0 Å². The van der Waals surface area contributed by atoms with Gasteiger partial charge in [-0.2, -0.15) is 0 Å². The smallest absolute Gasteiger partial charge is 0.119 e. The number of aliphatic hydroxyl groups excluding tert-OH is 1. The predicted octanol–water partition coefficient (Wildman–Crippen LogP) is 2.86. The topological polar surface area (TPSA) is 55.5 Å². The van der Waals surface area contributed by atoms with E-state index < -0.39 is 6.10 Å². The van der Waals surface area contributed by atoms with Crippen LogP contribution in [0.4, 0.5) is 0 Å². The highest BCUT2D eigenvalue weighted by Crippen LogP contribution is 2.30. The number of hydrogen-bond donors (Lipinski definition) is 2. The molecule has 3 heteroatoms. The van der Waals surface area contributed by atoms with Gasteiger partial charge in [-0.1, -0.05) is 42.5 Å². The fraction of sp³-hybridized carbons (Fsp3) is 0.294. The highest BCUT2D eigenvalue weighted by Gasteiger charge is 2.21. The zero-order chi connectivity index (χ0) is 14.4. The molecule has 3 nitrogen and oxygen atoms in total. The Morgan fingerprint density at radius 3 is 2.20 bits per heavy atom. The average molecular weight is 271 g/mol. The van der Waals surface area contributed by atoms with Crippen LogP contribution in [0.1, 0.15) is 30.1 Å². The van der Waals surface area contributed by atoms with E-state index in [9.17, 15) is 5.11 Å². The Hall–Kier alpha value is -1.84. The van der Waals surface area contributed by atoms with Gasteiger partial charge in [0.15, 0.2) is 0 Å². The minimum atomic E-state index is -0.598. The number of hydrogen-bond acceptors (Lipinski definition) is 3. The van der Waals surface area contributed by atoms with Gasteiger partial charge in [0.2, 0.25) is 0 Å². The highest BCUT2D eigenvalue weighted by molar-refractivity contribution is 5.32. The summed E-state index contributed by atoms with van der Waals surface area (Å²) in [4.78, 5) is 0. The molecule has 3 N–H and O–H groups in total. The predicted molar refractivity (Wildman–Crippen MR) is 80.8 cm³/mol. The standard InChI is InChI=1S/C17H21NO2/c1-2-20-15-10-8-13(9-11-15)16(12-18)17(19)14-6-4-3-5-7-14/h3-11,16-17,19H,2,12,18H2,1H3. The van der Waals surface area contributed by atoms with Crippen LogP contribution in [-0.4, -0.2) is 18.3 Å². The number of benzene rings is 2. The van der Waals surface area contributed by atoms with Crippen LogP contribution >= 0.6 is 0 Å². The second-order valence-electron chi connectivity index (χ2n) is 4.70. The van der Waals surface area contributed by atoms with E-state index in [4.69, 9.17) is 10.5 Å². The first-order valence-electron chi connectivity index (χ1n) is 6.92. The van der Waals surface area contributed by atoms with Crippen LogP contribution < -0.4 is 10.5 Å². The molecular weight excluding hydrogens is 250 g/mol. The third-order valence-electron chi connectivity index (χ3n) is 3.40. The van der Waals surface area contributed by atoms with Gasteiger partial charge in [0, 0.05) is 12.5 Å². The zero-order valence-electron chi connectivity index (χ0n) is 11.7. The number of rotatable bonds is 6. The maximum absolute atomic E-state index is 10.5. The first kappa shape index (κ1) is 14.6. The summed E-state index contributed by atoms with van der Waals surface area (Å²) in [6.45, 7) is 2.99. The van der Waals surface area contributed by atoms with Crippen molar-refractivity contribution in [1.82, 2.24) is 0 Å².